The van der Waals surface area contributed by atoms with Crippen LogP contribution in [0.25, 0.3) is 0 Å². The standard InChI is InChI=1S/C17H19N3O2.ClH/c1-12-13(5-2-8-16(12)20(21)22)11-19-10-4-6-14-15(18)7-3-9-17(14)19;/h2-3,5,7-9H,4,6,10-11,18H2,1H3;1H. The second-order valence-corrected chi connectivity index (χ2v) is 5.69. The van der Waals surface area contributed by atoms with Crippen molar-refractivity contribution in [3.63, 3.8) is 0 Å². The number of fused-ring (bicyclic) bond motifs is 1. The molecule has 1 aliphatic heterocycles. The van der Waals surface area contributed by atoms with Crippen LogP contribution < -0.4 is 10.6 Å². The Morgan fingerprint density at radius 3 is 2.74 bits per heavy atom. The van der Waals surface area contributed by atoms with Crippen LogP contribution in [-0.4, -0.2) is 11.5 Å². The van der Waals surface area contributed by atoms with E-state index in [0.717, 1.165) is 41.9 Å². The molecule has 0 aliphatic carbocycles. The summed E-state index contributed by atoms with van der Waals surface area (Å²) in [7, 11) is 0. The van der Waals surface area contributed by atoms with Gasteiger partial charge in [-0.15, -0.1) is 12.4 Å². The van der Waals surface area contributed by atoms with Crippen LogP contribution in [0.5, 0.6) is 0 Å². The fourth-order valence-electron chi connectivity index (χ4n) is 3.14. The van der Waals surface area contributed by atoms with Gasteiger partial charge in [0, 0.05) is 36.1 Å². The van der Waals surface area contributed by atoms with E-state index in [0.29, 0.717) is 6.54 Å². The molecule has 122 valence electrons. The number of nitrogens with zero attached hydrogens (tertiary/aromatic N) is 2. The first-order valence-corrected chi connectivity index (χ1v) is 7.43. The third kappa shape index (κ3) is 3.24. The zero-order chi connectivity index (χ0) is 15.7. The molecule has 0 radical (unpaired) electrons. The highest BCUT2D eigenvalue weighted by Gasteiger charge is 2.21. The van der Waals surface area contributed by atoms with E-state index in [4.69, 9.17) is 5.73 Å². The smallest absolute Gasteiger partial charge is 0.272 e. The number of benzene rings is 2. The molecule has 0 saturated carbocycles. The average molecular weight is 334 g/mol. The first kappa shape index (κ1) is 17.1. The summed E-state index contributed by atoms with van der Waals surface area (Å²) in [6.07, 6.45) is 2.04. The molecule has 23 heavy (non-hydrogen) atoms. The summed E-state index contributed by atoms with van der Waals surface area (Å²) < 4.78 is 0. The normalized spacial score (nSPS) is 13.2. The Bertz CT molecular complexity index is 734. The van der Waals surface area contributed by atoms with Gasteiger partial charge in [0.25, 0.3) is 5.69 Å². The number of hydrogen-bond acceptors (Lipinski definition) is 4. The van der Waals surface area contributed by atoms with Crippen molar-refractivity contribution in [2.45, 2.75) is 26.3 Å². The van der Waals surface area contributed by atoms with Crippen LogP contribution >= 0.6 is 12.4 Å². The molecule has 0 aromatic heterocycles. The van der Waals surface area contributed by atoms with Gasteiger partial charge in [-0.2, -0.15) is 0 Å². The van der Waals surface area contributed by atoms with Gasteiger partial charge in [-0.1, -0.05) is 18.2 Å². The van der Waals surface area contributed by atoms with Crippen LogP contribution in [0.15, 0.2) is 36.4 Å². The zero-order valence-corrected chi connectivity index (χ0v) is 13.8. The molecular formula is C17H20ClN3O2. The van der Waals surface area contributed by atoms with E-state index in [1.807, 2.05) is 25.1 Å². The summed E-state index contributed by atoms with van der Waals surface area (Å²) in [5.74, 6) is 0. The number of rotatable bonds is 3. The maximum absolute atomic E-state index is 11.1. The first-order chi connectivity index (χ1) is 10.6. The average Bonchev–Trinajstić information content (AvgIpc) is 2.50. The van der Waals surface area contributed by atoms with Gasteiger partial charge in [0.05, 0.1) is 4.92 Å². The summed E-state index contributed by atoms with van der Waals surface area (Å²) in [4.78, 5) is 13.0. The van der Waals surface area contributed by atoms with Gasteiger partial charge in [0.2, 0.25) is 0 Å². The van der Waals surface area contributed by atoms with Crippen LogP contribution in [0.3, 0.4) is 0 Å². The highest BCUT2D eigenvalue weighted by Crippen LogP contribution is 2.33. The third-order valence-corrected chi connectivity index (χ3v) is 4.36. The number of nitrogens with two attached hydrogens (primary N) is 1. The Kier molecular flexibility index (Phi) is 5.11. The van der Waals surface area contributed by atoms with Crippen molar-refractivity contribution in [1.29, 1.82) is 0 Å². The first-order valence-electron chi connectivity index (χ1n) is 7.43. The lowest BCUT2D eigenvalue weighted by Crippen LogP contribution is -2.29. The molecule has 0 bridgehead atoms. The summed E-state index contributed by atoms with van der Waals surface area (Å²) in [6, 6.07) is 11.2. The molecule has 5 nitrogen and oxygen atoms in total. The maximum atomic E-state index is 11.1. The monoisotopic (exact) mass is 333 g/mol. The molecule has 0 atom stereocenters. The molecule has 1 aliphatic rings. The van der Waals surface area contributed by atoms with Gasteiger partial charge in [-0.25, -0.2) is 0 Å². The minimum absolute atomic E-state index is 0. The van der Waals surface area contributed by atoms with E-state index in [1.54, 1.807) is 12.1 Å². The van der Waals surface area contributed by atoms with Gasteiger partial charge in [-0.3, -0.25) is 10.1 Å². The third-order valence-electron chi connectivity index (χ3n) is 4.36. The van der Waals surface area contributed by atoms with Crippen molar-refractivity contribution in [3.8, 4) is 0 Å². The fraction of sp³-hybridized carbons (Fsp3) is 0.294. The Morgan fingerprint density at radius 1 is 1.26 bits per heavy atom. The SMILES string of the molecule is Cc1c(CN2CCCc3c(N)cccc32)cccc1[N+](=O)[O-].Cl. The highest BCUT2D eigenvalue weighted by atomic mass is 35.5. The largest absolute Gasteiger partial charge is 0.398 e. The van der Waals surface area contributed by atoms with E-state index in [1.165, 1.54) is 5.56 Å². The van der Waals surface area contributed by atoms with E-state index in [9.17, 15) is 10.1 Å². The Labute approximate surface area is 141 Å². The second-order valence-electron chi connectivity index (χ2n) is 5.69. The predicted octanol–water partition coefficient (Wildman–Crippen LogP) is 3.86. The van der Waals surface area contributed by atoms with E-state index in [-0.39, 0.29) is 23.0 Å². The molecule has 3 rings (SSSR count). The van der Waals surface area contributed by atoms with Crippen LogP contribution in [0.2, 0.25) is 0 Å². The van der Waals surface area contributed by atoms with Crippen LogP contribution in [0, 0.1) is 17.0 Å². The summed E-state index contributed by atoms with van der Waals surface area (Å²) in [5, 5.41) is 11.1. The van der Waals surface area contributed by atoms with Crippen molar-refractivity contribution >= 4 is 29.5 Å². The van der Waals surface area contributed by atoms with Crippen molar-refractivity contribution in [3.05, 3.63) is 63.2 Å². The Morgan fingerprint density at radius 2 is 2.00 bits per heavy atom. The molecule has 0 fully saturated rings. The van der Waals surface area contributed by atoms with E-state index in [2.05, 4.69) is 11.0 Å². The molecule has 2 aromatic rings. The van der Waals surface area contributed by atoms with Crippen LogP contribution in [0.4, 0.5) is 17.1 Å². The van der Waals surface area contributed by atoms with E-state index < -0.39 is 0 Å². The lowest BCUT2D eigenvalue weighted by molar-refractivity contribution is -0.385. The number of anilines is 2. The maximum Gasteiger partial charge on any atom is 0.272 e. The lowest BCUT2D eigenvalue weighted by atomic mass is 9.98. The minimum Gasteiger partial charge on any atom is -0.398 e. The van der Waals surface area contributed by atoms with E-state index >= 15 is 0 Å². The van der Waals surface area contributed by atoms with Crippen molar-refractivity contribution in [2.24, 2.45) is 0 Å². The Balaban J connectivity index is 0.00000192. The minimum atomic E-state index is -0.318. The topological polar surface area (TPSA) is 72.4 Å². The van der Waals surface area contributed by atoms with Crippen molar-refractivity contribution in [1.82, 2.24) is 0 Å². The lowest BCUT2D eigenvalue weighted by Gasteiger charge is -2.32. The van der Waals surface area contributed by atoms with Crippen molar-refractivity contribution in [2.75, 3.05) is 17.2 Å². The van der Waals surface area contributed by atoms with Crippen LogP contribution in [0.1, 0.15) is 23.1 Å². The van der Waals surface area contributed by atoms with Gasteiger partial charge in [0.1, 0.15) is 0 Å². The van der Waals surface area contributed by atoms with Gasteiger partial charge in [0.15, 0.2) is 0 Å². The highest BCUT2D eigenvalue weighted by molar-refractivity contribution is 5.85. The van der Waals surface area contributed by atoms with Gasteiger partial charge in [-0.05, 0) is 43.0 Å². The quantitative estimate of drug-likeness (QED) is 0.526. The van der Waals surface area contributed by atoms with Crippen LogP contribution in [-0.2, 0) is 13.0 Å². The number of nitro benzene ring substituents is 1. The molecule has 0 spiro atoms. The second kappa shape index (κ2) is 6.87. The molecule has 2 N–H and O–H groups in total. The molecule has 2 aromatic carbocycles. The van der Waals surface area contributed by atoms with Crippen molar-refractivity contribution < 1.29 is 4.92 Å². The molecule has 6 heteroatoms. The number of hydrogen-bond donors (Lipinski definition) is 1. The zero-order valence-electron chi connectivity index (χ0n) is 13.0. The summed E-state index contributed by atoms with van der Waals surface area (Å²) >= 11 is 0. The molecule has 0 saturated heterocycles. The Hall–Kier alpha value is -2.27. The number of nitrogen functional groups attached to an aromatic ring is 1. The molecular weight excluding hydrogens is 314 g/mol. The van der Waals surface area contributed by atoms with Gasteiger partial charge >= 0.3 is 0 Å². The summed E-state index contributed by atoms with van der Waals surface area (Å²) in [5.41, 5.74) is 11.2. The molecule has 1 heterocycles. The number of nitro groups is 1. The number of halogens is 1. The molecule has 0 unspecified atom stereocenters. The predicted molar refractivity (Wildman–Crippen MR) is 95.3 cm³/mol. The molecule has 0 amide bonds. The fourth-order valence-corrected chi connectivity index (χ4v) is 3.14. The van der Waals surface area contributed by atoms with Gasteiger partial charge < -0.3 is 10.6 Å². The summed E-state index contributed by atoms with van der Waals surface area (Å²) in [6.45, 7) is 3.43.